The summed E-state index contributed by atoms with van der Waals surface area (Å²) in [7, 11) is -4.36. The van der Waals surface area contributed by atoms with Gasteiger partial charge in [-0.15, -0.1) is 0 Å². The van der Waals surface area contributed by atoms with Crippen LogP contribution in [0.4, 0.5) is 0 Å². The predicted molar refractivity (Wildman–Crippen MR) is 128 cm³/mol. The van der Waals surface area contributed by atoms with E-state index in [1.54, 1.807) is 0 Å². The molecule has 4 aliphatic carbocycles. The van der Waals surface area contributed by atoms with Gasteiger partial charge in [-0.05, 0) is 110 Å². The highest BCUT2D eigenvalue weighted by Gasteiger charge is 2.64. The minimum atomic E-state index is -4.36. The summed E-state index contributed by atoms with van der Waals surface area (Å²) in [5.41, 5.74) is 0.434. The SMILES string of the molecule is CC[C@H]1C(O)C2C3CC[C@H](C(C)CCCOS(=O)(=O)O)[C@@]3(C)CCC2[C@@]2(C)CC[C@@H](O)C[C@@H]12. The molecule has 0 aromatic rings. The molecule has 5 unspecified atom stereocenters. The Labute approximate surface area is 200 Å². The van der Waals surface area contributed by atoms with Crippen LogP contribution in [0.5, 0.6) is 0 Å². The highest BCUT2D eigenvalue weighted by atomic mass is 32.3. The zero-order valence-electron chi connectivity index (χ0n) is 20.9. The van der Waals surface area contributed by atoms with Crippen LogP contribution in [0.1, 0.15) is 91.9 Å². The van der Waals surface area contributed by atoms with E-state index in [1.807, 2.05) is 0 Å². The number of fused-ring (bicyclic) bond motifs is 5. The lowest BCUT2D eigenvalue weighted by molar-refractivity contribution is -0.203. The minimum absolute atomic E-state index is 0.0310. The molecule has 0 saturated heterocycles. The van der Waals surface area contributed by atoms with E-state index in [2.05, 4.69) is 31.9 Å². The quantitative estimate of drug-likeness (QED) is 0.351. The van der Waals surface area contributed by atoms with Crippen molar-refractivity contribution in [2.45, 2.75) is 104 Å². The topological polar surface area (TPSA) is 104 Å². The lowest BCUT2D eigenvalue weighted by Crippen LogP contribution is -2.62. The second-order valence-electron chi connectivity index (χ2n) is 12.5. The molecule has 0 bridgehead atoms. The number of hydrogen-bond acceptors (Lipinski definition) is 5. The van der Waals surface area contributed by atoms with Crippen molar-refractivity contribution in [3.63, 3.8) is 0 Å². The van der Waals surface area contributed by atoms with Crippen molar-refractivity contribution in [3.05, 3.63) is 0 Å². The Morgan fingerprint density at radius 1 is 1.00 bits per heavy atom. The Bertz CT molecular complexity index is 801. The Morgan fingerprint density at radius 2 is 1.67 bits per heavy atom. The van der Waals surface area contributed by atoms with Crippen molar-refractivity contribution < 1.29 is 27.4 Å². The molecule has 192 valence electrons. The molecule has 0 aromatic heterocycles. The molecular weight excluding hydrogens is 440 g/mol. The normalized spacial score (nSPS) is 48.6. The molecule has 3 N–H and O–H groups in total. The first-order chi connectivity index (χ1) is 15.4. The highest BCUT2D eigenvalue weighted by molar-refractivity contribution is 7.80. The minimum Gasteiger partial charge on any atom is -0.393 e. The summed E-state index contributed by atoms with van der Waals surface area (Å²) < 4.78 is 35.0. The Balaban J connectivity index is 1.51. The van der Waals surface area contributed by atoms with Crippen LogP contribution in [0.15, 0.2) is 0 Å². The summed E-state index contributed by atoms with van der Waals surface area (Å²) >= 11 is 0. The maximum atomic E-state index is 11.8. The van der Waals surface area contributed by atoms with Crippen LogP contribution in [-0.4, -0.2) is 42.0 Å². The molecule has 0 aromatic carbocycles. The third-order valence-corrected chi connectivity index (χ3v) is 11.7. The summed E-state index contributed by atoms with van der Waals surface area (Å²) in [6, 6.07) is 0. The largest absolute Gasteiger partial charge is 0.397 e. The van der Waals surface area contributed by atoms with Crippen LogP contribution in [0, 0.1) is 52.3 Å². The zero-order chi connectivity index (χ0) is 24.2. The predicted octanol–water partition coefficient (Wildman–Crippen LogP) is 4.85. The summed E-state index contributed by atoms with van der Waals surface area (Å²) in [4.78, 5) is 0. The molecule has 6 nitrogen and oxygen atoms in total. The monoisotopic (exact) mass is 486 g/mol. The van der Waals surface area contributed by atoms with Gasteiger partial charge in [-0.1, -0.05) is 34.1 Å². The standard InChI is InChI=1S/C26H46O6S/c1-5-18-22-15-17(27)10-12-26(22,4)21-11-13-25(3)19(8-9-20(25)23(21)24(18)28)16(2)7-6-14-32-33(29,30)31/h16-24,27-28H,5-15H2,1-4H3,(H,29,30,31)/t16?,17-,18-,19-,20?,21?,22+,23?,24?,25-,26-/m1/s1. The van der Waals surface area contributed by atoms with Gasteiger partial charge in [-0.3, -0.25) is 4.55 Å². The molecule has 4 saturated carbocycles. The molecule has 4 rings (SSSR count). The van der Waals surface area contributed by atoms with Crippen molar-refractivity contribution in [2.24, 2.45) is 52.3 Å². The summed E-state index contributed by atoms with van der Waals surface area (Å²) in [5, 5.41) is 22.2. The maximum Gasteiger partial charge on any atom is 0.397 e. The van der Waals surface area contributed by atoms with Gasteiger partial charge in [0, 0.05) is 0 Å². The van der Waals surface area contributed by atoms with Crippen LogP contribution in [0.25, 0.3) is 0 Å². The average Bonchev–Trinajstić information content (AvgIpc) is 3.09. The van der Waals surface area contributed by atoms with Gasteiger partial charge >= 0.3 is 10.4 Å². The fourth-order valence-corrected chi connectivity index (χ4v) is 10.0. The van der Waals surface area contributed by atoms with Crippen molar-refractivity contribution in [3.8, 4) is 0 Å². The van der Waals surface area contributed by atoms with E-state index in [0.717, 1.165) is 32.1 Å². The van der Waals surface area contributed by atoms with Gasteiger partial charge in [0.15, 0.2) is 0 Å². The van der Waals surface area contributed by atoms with Gasteiger partial charge in [0.25, 0.3) is 0 Å². The smallest absolute Gasteiger partial charge is 0.393 e. The van der Waals surface area contributed by atoms with Crippen LogP contribution < -0.4 is 0 Å². The molecule has 0 heterocycles. The van der Waals surface area contributed by atoms with Crippen molar-refractivity contribution >= 4 is 10.4 Å². The summed E-state index contributed by atoms with van der Waals surface area (Å²) in [6.07, 6.45) is 9.54. The first-order valence-electron chi connectivity index (χ1n) is 13.4. The van der Waals surface area contributed by atoms with Gasteiger partial charge in [-0.25, -0.2) is 4.18 Å². The summed E-state index contributed by atoms with van der Waals surface area (Å²) in [6.45, 7) is 9.46. The van der Waals surface area contributed by atoms with Crippen LogP contribution in [0.3, 0.4) is 0 Å². The molecule has 4 fully saturated rings. The van der Waals surface area contributed by atoms with E-state index in [0.29, 0.717) is 41.9 Å². The fraction of sp³-hybridized carbons (Fsp3) is 1.00. The molecule has 33 heavy (non-hydrogen) atoms. The van der Waals surface area contributed by atoms with Crippen molar-refractivity contribution in [1.29, 1.82) is 0 Å². The number of rotatable bonds is 7. The van der Waals surface area contributed by atoms with Crippen molar-refractivity contribution in [2.75, 3.05) is 6.61 Å². The van der Waals surface area contributed by atoms with E-state index in [-0.39, 0.29) is 35.6 Å². The summed E-state index contributed by atoms with van der Waals surface area (Å²) in [5.74, 6) is 3.16. The van der Waals surface area contributed by atoms with Gasteiger partial charge in [-0.2, -0.15) is 8.42 Å². The number of hydrogen-bond donors (Lipinski definition) is 3. The Hall–Kier alpha value is -0.210. The molecule has 0 amide bonds. The van der Waals surface area contributed by atoms with Crippen LogP contribution >= 0.6 is 0 Å². The van der Waals surface area contributed by atoms with Crippen molar-refractivity contribution in [1.82, 2.24) is 0 Å². The third kappa shape index (κ3) is 4.54. The molecule has 0 radical (unpaired) electrons. The maximum absolute atomic E-state index is 11.8. The van der Waals surface area contributed by atoms with E-state index in [9.17, 15) is 18.6 Å². The number of aliphatic hydroxyl groups excluding tert-OH is 2. The first-order valence-corrected chi connectivity index (χ1v) is 14.8. The second-order valence-corrected chi connectivity index (χ2v) is 13.6. The van der Waals surface area contributed by atoms with Crippen LogP contribution in [-0.2, 0) is 14.6 Å². The number of aliphatic hydroxyl groups is 2. The molecular formula is C26H46O6S. The van der Waals surface area contributed by atoms with Gasteiger partial charge in [0.2, 0.25) is 0 Å². The lowest BCUT2D eigenvalue weighted by Gasteiger charge is -2.64. The highest BCUT2D eigenvalue weighted by Crippen LogP contribution is 2.69. The zero-order valence-corrected chi connectivity index (χ0v) is 21.8. The van der Waals surface area contributed by atoms with Crippen LogP contribution in [0.2, 0.25) is 0 Å². The van der Waals surface area contributed by atoms with E-state index >= 15 is 0 Å². The Kier molecular flexibility index (Phi) is 7.33. The average molecular weight is 487 g/mol. The Morgan fingerprint density at radius 3 is 2.33 bits per heavy atom. The molecule has 0 spiro atoms. The van der Waals surface area contributed by atoms with E-state index in [1.165, 1.54) is 25.7 Å². The molecule has 7 heteroatoms. The second kappa shape index (κ2) is 9.34. The van der Waals surface area contributed by atoms with E-state index < -0.39 is 10.4 Å². The van der Waals surface area contributed by atoms with Gasteiger partial charge in [0.1, 0.15) is 0 Å². The molecule has 0 aliphatic heterocycles. The van der Waals surface area contributed by atoms with E-state index in [4.69, 9.17) is 4.55 Å². The van der Waals surface area contributed by atoms with Gasteiger partial charge < -0.3 is 10.2 Å². The lowest BCUT2D eigenvalue weighted by atomic mass is 9.41. The molecule has 4 aliphatic rings. The third-order valence-electron chi connectivity index (χ3n) is 11.2. The van der Waals surface area contributed by atoms with Gasteiger partial charge in [0.05, 0.1) is 18.8 Å². The molecule has 11 atom stereocenters. The fourth-order valence-electron chi connectivity index (χ4n) is 9.70. The first kappa shape index (κ1) is 25.9.